The van der Waals surface area contributed by atoms with Crippen LogP contribution in [0.3, 0.4) is 0 Å². The van der Waals surface area contributed by atoms with E-state index in [1.807, 2.05) is 0 Å². The van der Waals surface area contributed by atoms with E-state index in [0.29, 0.717) is 6.20 Å². The first-order valence-electron chi connectivity index (χ1n) is 6.29. The van der Waals surface area contributed by atoms with Crippen LogP contribution in [0.1, 0.15) is 11.1 Å². The van der Waals surface area contributed by atoms with Gasteiger partial charge in [-0.25, -0.2) is 9.78 Å². The molecule has 23 heavy (non-hydrogen) atoms. The van der Waals surface area contributed by atoms with Crippen molar-refractivity contribution < 1.29 is 13.2 Å². The molecule has 0 unspecified atom stereocenters. The Morgan fingerprint density at radius 2 is 1.96 bits per heavy atom. The van der Waals surface area contributed by atoms with Gasteiger partial charge in [0.15, 0.2) is 0 Å². The molecule has 0 saturated carbocycles. The Bertz CT molecular complexity index is 850. The van der Waals surface area contributed by atoms with Crippen LogP contribution >= 0.6 is 0 Å². The maximum atomic E-state index is 12.4. The zero-order chi connectivity index (χ0) is 17.2. The molecule has 1 N–H and O–H groups in total. The fourth-order valence-electron chi connectivity index (χ4n) is 1.72. The van der Waals surface area contributed by atoms with Gasteiger partial charge in [0.05, 0.1) is 17.3 Å². The van der Waals surface area contributed by atoms with Gasteiger partial charge in [-0.15, -0.1) is 0 Å². The van der Waals surface area contributed by atoms with Crippen molar-refractivity contribution in [3.63, 3.8) is 0 Å². The van der Waals surface area contributed by atoms with Crippen molar-refractivity contribution in [3.8, 4) is 0 Å². The average molecular weight is 327 g/mol. The number of rotatable bonds is 3. The van der Waals surface area contributed by atoms with Crippen molar-refractivity contribution in [2.75, 3.05) is 5.43 Å². The number of halogens is 3. The summed E-state index contributed by atoms with van der Waals surface area (Å²) in [6, 6.07) is 1.97. The molecule has 0 aliphatic rings. The van der Waals surface area contributed by atoms with Crippen molar-refractivity contribution in [1.82, 2.24) is 14.1 Å². The third kappa shape index (κ3) is 3.65. The SMILES string of the molecule is Cn1cc(/C=N/Nc2ccc(C(F)(F)F)cn2)c(=O)n(C)c1=O. The minimum absolute atomic E-state index is 0.0795. The monoisotopic (exact) mass is 327 g/mol. The first-order valence-corrected chi connectivity index (χ1v) is 6.29. The number of alkyl halides is 3. The van der Waals surface area contributed by atoms with Gasteiger partial charge >= 0.3 is 11.9 Å². The number of aryl methyl sites for hydroxylation is 1. The Morgan fingerprint density at radius 1 is 1.26 bits per heavy atom. The molecule has 0 atom stereocenters. The number of pyridine rings is 1. The summed E-state index contributed by atoms with van der Waals surface area (Å²) < 4.78 is 39.3. The fourth-order valence-corrected chi connectivity index (χ4v) is 1.72. The van der Waals surface area contributed by atoms with Crippen LogP contribution in [-0.2, 0) is 20.3 Å². The summed E-state index contributed by atoms with van der Waals surface area (Å²) in [5.74, 6) is 0.0795. The van der Waals surface area contributed by atoms with Gasteiger partial charge in [0, 0.05) is 26.5 Å². The average Bonchev–Trinajstić information content (AvgIpc) is 2.50. The summed E-state index contributed by atoms with van der Waals surface area (Å²) in [4.78, 5) is 26.9. The van der Waals surface area contributed by atoms with Gasteiger partial charge in [0.25, 0.3) is 5.56 Å². The van der Waals surface area contributed by atoms with Crippen molar-refractivity contribution in [2.24, 2.45) is 19.2 Å². The van der Waals surface area contributed by atoms with Gasteiger partial charge in [0.2, 0.25) is 0 Å². The number of hydrogen-bond donors (Lipinski definition) is 1. The molecule has 0 amide bonds. The molecule has 2 rings (SSSR count). The second-order valence-electron chi connectivity index (χ2n) is 4.64. The zero-order valence-electron chi connectivity index (χ0n) is 12.1. The van der Waals surface area contributed by atoms with Gasteiger partial charge in [0.1, 0.15) is 5.82 Å². The molecule has 0 aliphatic heterocycles. The summed E-state index contributed by atoms with van der Waals surface area (Å²) in [7, 11) is 2.80. The summed E-state index contributed by atoms with van der Waals surface area (Å²) in [5.41, 5.74) is 0.641. The lowest BCUT2D eigenvalue weighted by atomic mass is 10.3. The highest BCUT2D eigenvalue weighted by molar-refractivity contribution is 5.79. The zero-order valence-corrected chi connectivity index (χ0v) is 12.1. The molecular weight excluding hydrogens is 315 g/mol. The highest BCUT2D eigenvalue weighted by atomic mass is 19.4. The third-order valence-electron chi connectivity index (χ3n) is 2.95. The van der Waals surface area contributed by atoms with E-state index in [1.165, 1.54) is 24.9 Å². The predicted octanol–water partition coefficient (Wildman–Crippen LogP) is 0.944. The van der Waals surface area contributed by atoms with Crippen molar-refractivity contribution >= 4 is 12.0 Å². The van der Waals surface area contributed by atoms with Crippen molar-refractivity contribution in [2.45, 2.75) is 6.18 Å². The molecule has 0 saturated heterocycles. The Balaban J connectivity index is 2.17. The van der Waals surface area contributed by atoms with Crippen molar-refractivity contribution in [3.05, 3.63) is 56.5 Å². The molecule has 0 radical (unpaired) electrons. The molecule has 0 fully saturated rings. The van der Waals surface area contributed by atoms with Gasteiger partial charge in [-0.3, -0.25) is 14.8 Å². The van der Waals surface area contributed by atoms with Crippen LogP contribution in [0.2, 0.25) is 0 Å². The number of hydrogen-bond acceptors (Lipinski definition) is 5. The van der Waals surface area contributed by atoms with Crippen LogP contribution in [0.4, 0.5) is 19.0 Å². The highest BCUT2D eigenvalue weighted by Crippen LogP contribution is 2.28. The Morgan fingerprint density at radius 3 is 2.52 bits per heavy atom. The molecule has 122 valence electrons. The van der Waals surface area contributed by atoms with Crippen LogP contribution in [0.15, 0.2) is 39.2 Å². The second kappa shape index (κ2) is 6.07. The molecule has 0 aromatic carbocycles. The van der Waals surface area contributed by atoms with Crippen molar-refractivity contribution in [1.29, 1.82) is 0 Å². The second-order valence-corrected chi connectivity index (χ2v) is 4.64. The smallest absolute Gasteiger partial charge is 0.303 e. The Hall–Kier alpha value is -2.91. The van der Waals surface area contributed by atoms with Crippen LogP contribution in [0.25, 0.3) is 0 Å². The third-order valence-corrected chi connectivity index (χ3v) is 2.95. The summed E-state index contributed by atoms with van der Waals surface area (Å²) in [6.45, 7) is 0. The fraction of sp³-hybridized carbons (Fsp3) is 0.231. The summed E-state index contributed by atoms with van der Waals surface area (Å²) in [6.07, 6.45) is -1.34. The van der Waals surface area contributed by atoms with E-state index in [0.717, 1.165) is 22.9 Å². The van der Waals surface area contributed by atoms with E-state index < -0.39 is 23.0 Å². The lowest BCUT2D eigenvalue weighted by Crippen LogP contribution is -2.38. The minimum Gasteiger partial charge on any atom is -0.303 e. The van der Waals surface area contributed by atoms with Crippen LogP contribution in [0, 0.1) is 0 Å². The Labute approximate surface area is 127 Å². The highest BCUT2D eigenvalue weighted by Gasteiger charge is 2.30. The molecule has 10 heteroatoms. The molecule has 0 aliphatic carbocycles. The van der Waals surface area contributed by atoms with E-state index in [-0.39, 0.29) is 11.4 Å². The molecular formula is C13H12F3N5O2. The minimum atomic E-state index is -4.46. The lowest BCUT2D eigenvalue weighted by molar-refractivity contribution is -0.137. The molecule has 0 bridgehead atoms. The van der Waals surface area contributed by atoms with Gasteiger partial charge in [-0.05, 0) is 12.1 Å². The lowest BCUT2D eigenvalue weighted by Gasteiger charge is -2.06. The number of aromatic nitrogens is 3. The molecule has 2 aromatic heterocycles. The quantitative estimate of drug-likeness (QED) is 0.672. The van der Waals surface area contributed by atoms with Crippen LogP contribution < -0.4 is 16.7 Å². The van der Waals surface area contributed by atoms with E-state index in [9.17, 15) is 22.8 Å². The van der Waals surface area contributed by atoms with Gasteiger partial charge in [-0.1, -0.05) is 0 Å². The number of hydrazone groups is 1. The van der Waals surface area contributed by atoms with E-state index in [2.05, 4.69) is 15.5 Å². The van der Waals surface area contributed by atoms with Gasteiger partial charge < -0.3 is 4.57 Å². The largest absolute Gasteiger partial charge is 0.417 e. The van der Waals surface area contributed by atoms with E-state index >= 15 is 0 Å². The maximum Gasteiger partial charge on any atom is 0.417 e. The standard InChI is InChI=1S/C13H12F3N5O2/c1-20-7-8(11(22)21(2)12(20)23)5-18-19-10-4-3-9(6-17-10)13(14,15)16/h3-7H,1-2H3,(H,17,19)/b18-5+. The number of nitrogens with one attached hydrogen (secondary N) is 1. The first kappa shape index (κ1) is 16.5. The maximum absolute atomic E-state index is 12.4. The first-order chi connectivity index (χ1) is 10.7. The summed E-state index contributed by atoms with van der Waals surface area (Å²) >= 11 is 0. The molecule has 2 heterocycles. The Kier molecular flexibility index (Phi) is 4.34. The van der Waals surface area contributed by atoms with Crippen LogP contribution in [0.5, 0.6) is 0 Å². The normalized spacial score (nSPS) is 11.9. The van der Waals surface area contributed by atoms with E-state index in [4.69, 9.17) is 0 Å². The topological polar surface area (TPSA) is 81.3 Å². The molecule has 2 aromatic rings. The van der Waals surface area contributed by atoms with E-state index in [1.54, 1.807) is 0 Å². The molecule has 7 nitrogen and oxygen atoms in total. The number of anilines is 1. The predicted molar refractivity (Wildman–Crippen MR) is 77.4 cm³/mol. The van der Waals surface area contributed by atoms with Crippen LogP contribution in [-0.4, -0.2) is 20.3 Å². The van der Waals surface area contributed by atoms with Gasteiger partial charge in [-0.2, -0.15) is 18.3 Å². The molecule has 0 spiro atoms. The number of nitrogens with zero attached hydrogens (tertiary/aromatic N) is 4. The summed E-state index contributed by atoms with van der Waals surface area (Å²) in [5, 5.41) is 3.73.